The molecule has 0 bridgehead atoms. The third kappa shape index (κ3) is 4.71. The Morgan fingerprint density at radius 2 is 1.86 bits per heavy atom. The van der Waals surface area contributed by atoms with E-state index >= 15 is 0 Å². The Morgan fingerprint density at radius 3 is 2.54 bits per heavy atom. The lowest BCUT2D eigenvalue weighted by Crippen LogP contribution is -2.42. The number of rotatable bonds is 7. The number of hydrogen-bond donors (Lipinski definition) is 0. The van der Waals surface area contributed by atoms with Gasteiger partial charge in [0.1, 0.15) is 11.6 Å². The highest BCUT2D eigenvalue weighted by Crippen LogP contribution is 2.22. The first-order valence-electron chi connectivity index (χ1n) is 8.96. The molecular weight excluding hydrogens is 362 g/mol. The van der Waals surface area contributed by atoms with Gasteiger partial charge in [0.15, 0.2) is 17.7 Å². The lowest BCUT2D eigenvalue weighted by atomic mass is 10.1. The number of para-hydroxylation sites is 1. The predicted molar refractivity (Wildman–Crippen MR) is 103 cm³/mol. The van der Waals surface area contributed by atoms with Crippen LogP contribution in [0.15, 0.2) is 72.9 Å². The molecule has 3 aromatic rings. The molecule has 2 aromatic carbocycles. The van der Waals surface area contributed by atoms with Crippen molar-refractivity contribution >= 4 is 11.7 Å². The minimum absolute atomic E-state index is 0.00873. The summed E-state index contributed by atoms with van der Waals surface area (Å²) in [5.41, 5.74) is 0.611. The molecule has 6 heteroatoms. The van der Waals surface area contributed by atoms with Gasteiger partial charge < -0.3 is 4.74 Å². The van der Waals surface area contributed by atoms with E-state index in [4.69, 9.17) is 4.74 Å². The Bertz CT molecular complexity index is 935. The van der Waals surface area contributed by atoms with Crippen molar-refractivity contribution in [1.29, 1.82) is 0 Å². The topological polar surface area (TPSA) is 42.4 Å². The third-order valence-electron chi connectivity index (χ3n) is 4.17. The molecule has 1 aromatic heterocycles. The Morgan fingerprint density at radius 1 is 1.07 bits per heavy atom. The molecule has 144 valence electrons. The van der Waals surface area contributed by atoms with Crippen molar-refractivity contribution in [2.75, 3.05) is 4.90 Å². The average molecular weight is 382 g/mol. The van der Waals surface area contributed by atoms with Gasteiger partial charge in [0.25, 0.3) is 5.91 Å². The quantitative estimate of drug-likeness (QED) is 0.592. The summed E-state index contributed by atoms with van der Waals surface area (Å²) in [7, 11) is 0. The Kier molecular flexibility index (Phi) is 6.32. The van der Waals surface area contributed by atoms with Crippen molar-refractivity contribution in [3.63, 3.8) is 0 Å². The zero-order valence-corrected chi connectivity index (χ0v) is 15.4. The molecule has 0 aliphatic carbocycles. The van der Waals surface area contributed by atoms with Crippen molar-refractivity contribution in [3.8, 4) is 5.75 Å². The van der Waals surface area contributed by atoms with Crippen LogP contribution in [0.4, 0.5) is 14.6 Å². The lowest BCUT2D eigenvalue weighted by Gasteiger charge is -2.27. The van der Waals surface area contributed by atoms with E-state index in [0.717, 1.165) is 0 Å². The maximum absolute atomic E-state index is 14.0. The number of carbonyl (C=O) groups excluding carboxylic acids is 1. The van der Waals surface area contributed by atoms with Gasteiger partial charge in [-0.05, 0) is 48.4 Å². The van der Waals surface area contributed by atoms with Crippen LogP contribution in [0.3, 0.4) is 0 Å². The Balaban J connectivity index is 1.89. The SMILES string of the molecule is CC[C@H](Oc1ccccc1F)C(=O)N(Cc1cccc(F)c1)c1ccccn1. The van der Waals surface area contributed by atoms with Gasteiger partial charge in [-0.15, -0.1) is 0 Å². The van der Waals surface area contributed by atoms with Crippen molar-refractivity contribution in [3.05, 3.63) is 90.1 Å². The van der Waals surface area contributed by atoms with Crippen LogP contribution in [0.5, 0.6) is 5.75 Å². The molecule has 0 radical (unpaired) electrons. The number of anilines is 1. The molecule has 0 saturated carbocycles. The fourth-order valence-electron chi connectivity index (χ4n) is 2.78. The second-order valence-electron chi connectivity index (χ2n) is 6.19. The van der Waals surface area contributed by atoms with Crippen LogP contribution in [-0.4, -0.2) is 17.0 Å². The second-order valence-corrected chi connectivity index (χ2v) is 6.19. The molecular formula is C22H20F2N2O2. The molecule has 3 rings (SSSR count). The highest BCUT2D eigenvalue weighted by molar-refractivity contribution is 5.95. The van der Waals surface area contributed by atoms with Crippen molar-refractivity contribution in [2.45, 2.75) is 26.0 Å². The number of benzene rings is 2. The summed E-state index contributed by atoms with van der Waals surface area (Å²) < 4.78 is 33.2. The summed E-state index contributed by atoms with van der Waals surface area (Å²) >= 11 is 0. The van der Waals surface area contributed by atoms with Gasteiger partial charge in [0, 0.05) is 6.20 Å². The zero-order valence-electron chi connectivity index (χ0n) is 15.4. The molecule has 0 spiro atoms. The number of nitrogens with zero attached hydrogens (tertiary/aromatic N) is 2. The first-order chi connectivity index (χ1) is 13.6. The zero-order chi connectivity index (χ0) is 19.9. The molecule has 0 aliphatic heterocycles. The minimum Gasteiger partial charge on any atom is -0.478 e. The number of aromatic nitrogens is 1. The van der Waals surface area contributed by atoms with Gasteiger partial charge in [-0.2, -0.15) is 0 Å². The number of halogens is 2. The molecule has 0 aliphatic rings. The number of pyridine rings is 1. The van der Waals surface area contributed by atoms with Crippen LogP contribution in [0.25, 0.3) is 0 Å². The standard InChI is InChI=1S/C22H20F2N2O2/c1-2-19(28-20-11-4-3-10-18(20)24)22(27)26(21-12-5-6-13-25-21)15-16-8-7-9-17(23)14-16/h3-14,19H,2,15H2,1H3/t19-/m0/s1. The van der Waals surface area contributed by atoms with Gasteiger partial charge in [-0.25, -0.2) is 13.8 Å². The van der Waals surface area contributed by atoms with E-state index in [1.165, 1.54) is 29.2 Å². The molecule has 1 amide bonds. The molecule has 4 nitrogen and oxygen atoms in total. The van der Waals surface area contributed by atoms with E-state index in [-0.39, 0.29) is 24.0 Å². The Labute approximate surface area is 162 Å². The number of amides is 1. The fraction of sp³-hybridized carbons (Fsp3) is 0.182. The van der Waals surface area contributed by atoms with Crippen molar-refractivity contribution in [2.24, 2.45) is 0 Å². The maximum atomic E-state index is 14.0. The highest BCUT2D eigenvalue weighted by atomic mass is 19.1. The summed E-state index contributed by atoms with van der Waals surface area (Å²) in [4.78, 5) is 18.9. The van der Waals surface area contributed by atoms with Crippen LogP contribution in [0.2, 0.25) is 0 Å². The van der Waals surface area contributed by atoms with E-state index in [1.807, 2.05) is 0 Å². The molecule has 1 heterocycles. The second kappa shape index (κ2) is 9.08. The summed E-state index contributed by atoms with van der Waals surface area (Å²) in [5.74, 6) is -0.890. The summed E-state index contributed by atoms with van der Waals surface area (Å²) in [6.45, 7) is 1.90. The predicted octanol–water partition coefficient (Wildman–Crippen LogP) is 4.75. The highest BCUT2D eigenvalue weighted by Gasteiger charge is 2.27. The van der Waals surface area contributed by atoms with Crippen LogP contribution >= 0.6 is 0 Å². The van der Waals surface area contributed by atoms with Gasteiger partial charge in [-0.3, -0.25) is 9.69 Å². The lowest BCUT2D eigenvalue weighted by molar-refractivity contribution is -0.125. The number of hydrogen-bond acceptors (Lipinski definition) is 3. The van der Waals surface area contributed by atoms with Gasteiger partial charge in [0.2, 0.25) is 0 Å². The van der Waals surface area contributed by atoms with E-state index in [0.29, 0.717) is 17.8 Å². The smallest absolute Gasteiger partial charge is 0.269 e. The van der Waals surface area contributed by atoms with E-state index < -0.39 is 11.9 Å². The van der Waals surface area contributed by atoms with Crippen molar-refractivity contribution < 1.29 is 18.3 Å². The molecule has 1 atom stereocenters. The summed E-state index contributed by atoms with van der Waals surface area (Å²) in [5, 5.41) is 0. The largest absolute Gasteiger partial charge is 0.478 e. The van der Waals surface area contributed by atoms with Crippen LogP contribution in [0, 0.1) is 11.6 Å². The molecule has 28 heavy (non-hydrogen) atoms. The molecule has 0 fully saturated rings. The van der Waals surface area contributed by atoms with Crippen LogP contribution in [-0.2, 0) is 11.3 Å². The third-order valence-corrected chi connectivity index (χ3v) is 4.17. The van der Waals surface area contributed by atoms with Gasteiger partial charge in [0.05, 0.1) is 6.54 Å². The minimum atomic E-state index is -0.910. The first-order valence-corrected chi connectivity index (χ1v) is 8.96. The van der Waals surface area contributed by atoms with E-state index in [2.05, 4.69) is 4.98 Å². The van der Waals surface area contributed by atoms with Gasteiger partial charge in [-0.1, -0.05) is 37.3 Å². The maximum Gasteiger partial charge on any atom is 0.269 e. The van der Waals surface area contributed by atoms with Crippen LogP contribution in [0.1, 0.15) is 18.9 Å². The number of carbonyl (C=O) groups is 1. The monoisotopic (exact) mass is 382 g/mol. The number of ether oxygens (including phenoxy) is 1. The summed E-state index contributed by atoms with van der Waals surface area (Å²) in [6.07, 6.45) is 0.993. The average Bonchev–Trinajstić information content (AvgIpc) is 2.72. The first kappa shape index (κ1) is 19.5. The molecule has 0 N–H and O–H groups in total. The molecule has 0 saturated heterocycles. The van der Waals surface area contributed by atoms with Gasteiger partial charge >= 0.3 is 0 Å². The summed E-state index contributed by atoms with van der Waals surface area (Å²) in [6, 6.07) is 17.1. The van der Waals surface area contributed by atoms with Crippen molar-refractivity contribution in [1.82, 2.24) is 4.98 Å². The molecule has 0 unspecified atom stereocenters. The van der Waals surface area contributed by atoms with Crippen LogP contribution < -0.4 is 9.64 Å². The van der Waals surface area contributed by atoms with E-state index in [9.17, 15) is 13.6 Å². The normalized spacial score (nSPS) is 11.7. The fourth-order valence-corrected chi connectivity index (χ4v) is 2.78. The Hall–Kier alpha value is -3.28. The van der Waals surface area contributed by atoms with E-state index in [1.54, 1.807) is 55.6 Å².